The van der Waals surface area contributed by atoms with E-state index in [1.54, 1.807) is 0 Å². The molecular weight excluding hydrogens is 262 g/mol. The largest absolute Gasteiger partial charge is 0.397 e. The van der Waals surface area contributed by atoms with Gasteiger partial charge in [0.1, 0.15) is 0 Å². The summed E-state index contributed by atoms with van der Waals surface area (Å²) in [6.45, 7) is 2.85. The Labute approximate surface area is 124 Å². The molecule has 0 bridgehead atoms. The zero-order valence-corrected chi connectivity index (χ0v) is 12.3. The third-order valence-corrected chi connectivity index (χ3v) is 3.83. The van der Waals surface area contributed by atoms with Gasteiger partial charge in [0.05, 0.1) is 17.8 Å². The van der Waals surface area contributed by atoms with Crippen LogP contribution in [0.5, 0.6) is 0 Å². The van der Waals surface area contributed by atoms with Crippen molar-refractivity contribution in [2.45, 2.75) is 19.9 Å². The molecule has 0 unspecified atom stereocenters. The minimum Gasteiger partial charge on any atom is -0.397 e. The van der Waals surface area contributed by atoms with Gasteiger partial charge in [-0.2, -0.15) is 0 Å². The summed E-state index contributed by atoms with van der Waals surface area (Å²) in [6.07, 6.45) is 0.418. The van der Waals surface area contributed by atoms with Gasteiger partial charge in [-0.1, -0.05) is 29.8 Å². The molecule has 108 valence electrons. The van der Waals surface area contributed by atoms with Crippen molar-refractivity contribution in [3.63, 3.8) is 0 Å². The topological polar surface area (TPSA) is 58.4 Å². The van der Waals surface area contributed by atoms with Gasteiger partial charge in [-0.3, -0.25) is 4.79 Å². The minimum atomic E-state index is 0.0303. The molecule has 4 nitrogen and oxygen atoms in total. The van der Waals surface area contributed by atoms with Gasteiger partial charge in [-0.15, -0.1) is 0 Å². The highest BCUT2D eigenvalue weighted by Crippen LogP contribution is 2.33. The van der Waals surface area contributed by atoms with Crippen LogP contribution in [0.2, 0.25) is 0 Å². The maximum absolute atomic E-state index is 11.4. The maximum atomic E-state index is 11.4. The van der Waals surface area contributed by atoms with Crippen LogP contribution in [0.4, 0.5) is 17.1 Å². The first-order chi connectivity index (χ1) is 10.0. The lowest BCUT2D eigenvalue weighted by atomic mass is 10.1. The molecule has 1 aliphatic heterocycles. The lowest BCUT2D eigenvalue weighted by Crippen LogP contribution is -2.18. The van der Waals surface area contributed by atoms with Crippen LogP contribution in [0.1, 0.15) is 16.7 Å². The Morgan fingerprint density at radius 2 is 1.95 bits per heavy atom. The molecule has 0 atom stereocenters. The van der Waals surface area contributed by atoms with Crippen LogP contribution in [-0.4, -0.2) is 13.0 Å². The fourth-order valence-corrected chi connectivity index (χ4v) is 2.67. The number of nitrogen functional groups attached to an aromatic ring is 1. The molecule has 3 rings (SSSR count). The third kappa shape index (κ3) is 2.70. The van der Waals surface area contributed by atoms with E-state index < -0.39 is 0 Å². The van der Waals surface area contributed by atoms with Gasteiger partial charge in [0, 0.05) is 19.3 Å². The number of carbonyl (C=O) groups excluding carboxylic acids is 1. The number of amides is 1. The number of anilines is 3. The van der Waals surface area contributed by atoms with Crippen LogP contribution in [0.25, 0.3) is 0 Å². The molecule has 21 heavy (non-hydrogen) atoms. The fraction of sp³-hybridized carbons (Fsp3) is 0.235. The number of nitrogens with zero attached hydrogens (tertiary/aromatic N) is 1. The van der Waals surface area contributed by atoms with Crippen LogP contribution >= 0.6 is 0 Å². The van der Waals surface area contributed by atoms with Crippen molar-refractivity contribution in [3.8, 4) is 0 Å². The van der Waals surface area contributed by atoms with Crippen LogP contribution < -0.4 is 16.0 Å². The van der Waals surface area contributed by atoms with E-state index in [1.165, 1.54) is 11.1 Å². The molecule has 0 fully saturated rings. The molecular formula is C17H19N3O. The van der Waals surface area contributed by atoms with E-state index in [4.69, 9.17) is 5.73 Å². The van der Waals surface area contributed by atoms with E-state index in [0.29, 0.717) is 12.1 Å². The van der Waals surface area contributed by atoms with Gasteiger partial charge in [-0.25, -0.2) is 0 Å². The Hall–Kier alpha value is -2.49. The summed E-state index contributed by atoms with van der Waals surface area (Å²) >= 11 is 0. The van der Waals surface area contributed by atoms with Crippen LogP contribution in [-0.2, 0) is 17.8 Å². The number of carbonyl (C=O) groups is 1. The standard InChI is InChI=1S/C17H19N3O/c1-11-3-5-12(6-4-11)10-20(2)16-9-15-13(7-14(16)18)8-17(21)19-15/h3-7,9H,8,10,18H2,1-2H3,(H,19,21). The van der Waals surface area contributed by atoms with E-state index in [-0.39, 0.29) is 5.91 Å². The predicted octanol–water partition coefficient (Wildman–Crippen LogP) is 2.71. The Morgan fingerprint density at radius 3 is 2.67 bits per heavy atom. The van der Waals surface area contributed by atoms with Crippen molar-refractivity contribution in [1.82, 2.24) is 0 Å². The summed E-state index contributed by atoms with van der Waals surface area (Å²) in [5.41, 5.74) is 12.1. The molecule has 0 aromatic heterocycles. The summed E-state index contributed by atoms with van der Waals surface area (Å²) in [5.74, 6) is 0.0303. The molecule has 0 aliphatic carbocycles. The van der Waals surface area contributed by atoms with Crippen molar-refractivity contribution >= 4 is 23.0 Å². The number of hydrogen-bond donors (Lipinski definition) is 2. The Kier molecular flexibility index (Phi) is 3.29. The van der Waals surface area contributed by atoms with Gasteiger partial charge in [0.2, 0.25) is 5.91 Å². The summed E-state index contributed by atoms with van der Waals surface area (Å²) < 4.78 is 0. The fourth-order valence-electron chi connectivity index (χ4n) is 2.67. The minimum absolute atomic E-state index is 0.0303. The van der Waals surface area contributed by atoms with E-state index in [9.17, 15) is 4.79 Å². The maximum Gasteiger partial charge on any atom is 0.228 e. The molecule has 0 saturated carbocycles. The number of rotatable bonds is 3. The van der Waals surface area contributed by atoms with E-state index in [2.05, 4.69) is 41.4 Å². The number of fused-ring (bicyclic) bond motifs is 1. The highest BCUT2D eigenvalue weighted by Gasteiger charge is 2.20. The molecule has 0 saturated heterocycles. The lowest BCUT2D eigenvalue weighted by molar-refractivity contribution is -0.115. The summed E-state index contributed by atoms with van der Waals surface area (Å²) in [4.78, 5) is 13.6. The normalized spacial score (nSPS) is 13.0. The van der Waals surface area contributed by atoms with Crippen molar-refractivity contribution < 1.29 is 4.79 Å². The smallest absolute Gasteiger partial charge is 0.228 e. The second kappa shape index (κ2) is 5.13. The number of hydrogen-bond acceptors (Lipinski definition) is 3. The summed E-state index contributed by atoms with van der Waals surface area (Å²) in [5, 5.41) is 2.87. The average molecular weight is 281 g/mol. The first-order valence-electron chi connectivity index (χ1n) is 7.02. The van der Waals surface area contributed by atoms with Gasteiger partial charge in [-0.05, 0) is 30.2 Å². The second-order valence-corrected chi connectivity index (χ2v) is 5.63. The van der Waals surface area contributed by atoms with Gasteiger partial charge < -0.3 is 16.0 Å². The van der Waals surface area contributed by atoms with Crippen molar-refractivity contribution in [1.29, 1.82) is 0 Å². The molecule has 1 amide bonds. The Morgan fingerprint density at radius 1 is 1.24 bits per heavy atom. The zero-order valence-electron chi connectivity index (χ0n) is 12.3. The van der Waals surface area contributed by atoms with E-state index in [0.717, 1.165) is 23.5 Å². The summed E-state index contributed by atoms with van der Waals surface area (Å²) in [7, 11) is 2.01. The summed E-state index contributed by atoms with van der Waals surface area (Å²) in [6, 6.07) is 12.3. The van der Waals surface area contributed by atoms with Crippen molar-refractivity contribution in [2.75, 3.05) is 23.0 Å². The SMILES string of the molecule is Cc1ccc(CN(C)c2cc3c(cc2N)CC(=O)N3)cc1. The van der Waals surface area contributed by atoms with E-state index >= 15 is 0 Å². The average Bonchev–Trinajstić information content (AvgIpc) is 2.79. The molecule has 2 aromatic rings. The highest BCUT2D eigenvalue weighted by molar-refractivity contribution is 6.00. The monoisotopic (exact) mass is 281 g/mol. The zero-order chi connectivity index (χ0) is 15.0. The van der Waals surface area contributed by atoms with Crippen LogP contribution in [0.3, 0.4) is 0 Å². The molecule has 1 aliphatic rings. The second-order valence-electron chi connectivity index (χ2n) is 5.63. The Balaban J connectivity index is 1.85. The van der Waals surface area contributed by atoms with Gasteiger partial charge in [0.25, 0.3) is 0 Å². The molecule has 0 radical (unpaired) electrons. The highest BCUT2D eigenvalue weighted by atomic mass is 16.1. The molecule has 3 N–H and O–H groups in total. The quantitative estimate of drug-likeness (QED) is 0.850. The van der Waals surface area contributed by atoms with Gasteiger partial charge in [0.15, 0.2) is 0 Å². The number of benzene rings is 2. The first-order valence-corrected chi connectivity index (χ1v) is 7.02. The third-order valence-electron chi connectivity index (χ3n) is 3.83. The van der Waals surface area contributed by atoms with Crippen LogP contribution in [0.15, 0.2) is 36.4 Å². The number of aryl methyl sites for hydroxylation is 1. The molecule has 2 aromatic carbocycles. The number of nitrogens with one attached hydrogen (secondary N) is 1. The molecule has 4 heteroatoms. The Bertz CT molecular complexity index is 692. The predicted molar refractivity (Wildman–Crippen MR) is 86.5 cm³/mol. The van der Waals surface area contributed by atoms with Crippen molar-refractivity contribution in [2.24, 2.45) is 0 Å². The first kappa shape index (κ1) is 13.5. The van der Waals surface area contributed by atoms with Crippen molar-refractivity contribution in [3.05, 3.63) is 53.1 Å². The van der Waals surface area contributed by atoms with Crippen LogP contribution in [0, 0.1) is 6.92 Å². The number of nitrogens with two attached hydrogens (primary N) is 1. The lowest BCUT2D eigenvalue weighted by Gasteiger charge is -2.22. The van der Waals surface area contributed by atoms with E-state index in [1.807, 2.05) is 19.2 Å². The molecule has 1 heterocycles. The van der Waals surface area contributed by atoms with Gasteiger partial charge >= 0.3 is 0 Å². The molecule has 0 spiro atoms.